The van der Waals surface area contributed by atoms with Crippen LogP contribution in [-0.4, -0.2) is 9.55 Å². The highest BCUT2D eigenvalue weighted by Crippen LogP contribution is 2.23. The monoisotopic (exact) mass is 193 g/mol. The van der Waals surface area contributed by atoms with Crippen molar-refractivity contribution in [3.63, 3.8) is 0 Å². The molecule has 0 radical (unpaired) electrons. The smallest absolute Gasteiger partial charge is 0.122 e. The number of imidazole rings is 1. The summed E-state index contributed by atoms with van der Waals surface area (Å²) in [5, 5.41) is 0. The van der Waals surface area contributed by atoms with Crippen molar-refractivity contribution < 1.29 is 0 Å². The standard InChI is InChI=1S/C11H19N3/c1-8(2)6-9-10-4-3-5-14(10)11(7-12)13-9/h8H,3-7,12H2,1-2H3. The summed E-state index contributed by atoms with van der Waals surface area (Å²) < 4.78 is 2.32. The topological polar surface area (TPSA) is 43.8 Å². The molecule has 2 N–H and O–H groups in total. The van der Waals surface area contributed by atoms with Crippen molar-refractivity contribution in [1.82, 2.24) is 9.55 Å². The molecule has 0 fully saturated rings. The minimum absolute atomic E-state index is 0.574. The summed E-state index contributed by atoms with van der Waals surface area (Å²) in [4.78, 5) is 4.63. The van der Waals surface area contributed by atoms with E-state index in [9.17, 15) is 0 Å². The van der Waals surface area contributed by atoms with Gasteiger partial charge in [0.2, 0.25) is 0 Å². The van der Waals surface area contributed by atoms with Gasteiger partial charge in [0.05, 0.1) is 12.2 Å². The van der Waals surface area contributed by atoms with Crippen LogP contribution in [0.5, 0.6) is 0 Å². The van der Waals surface area contributed by atoms with E-state index in [-0.39, 0.29) is 0 Å². The first-order valence-corrected chi connectivity index (χ1v) is 5.49. The molecule has 0 aliphatic carbocycles. The minimum atomic E-state index is 0.574. The lowest BCUT2D eigenvalue weighted by atomic mass is 10.1. The van der Waals surface area contributed by atoms with Gasteiger partial charge in [-0.2, -0.15) is 0 Å². The van der Waals surface area contributed by atoms with Crippen molar-refractivity contribution in [2.45, 2.75) is 46.2 Å². The summed E-state index contributed by atoms with van der Waals surface area (Å²) in [6.45, 7) is 6.17. The Kier molecular flexibility index (Phi) is 2.59. The molecule has 0 saturated heterocycles. The van der Waals surface area contributed by atoms with Crippen molar-refractivity contribution in [2.75, 3.05) is 0 Å². The molecule has 0 bridgehead atoms. The van der Waals surface area contributed by atoms with Gasteiger partial charge in [-0.1, -0.05) is 13.8 Å². The predicted octanol–water partition coefficient (Wildman–Crippen LogP) is 1.49. The molecule has 1 aliphatic heterocycles. The lowest BCUT2D eigenvalue weighted by Gasteiger charge is -2.02. The van der Waals surface area contributed by atoms with Crippen LogP contribution in [0.1, 0.15) is 37.5 Å². The Morgan fingerprint density at radius 2 is 2.29 bits per heavy atom. The van der Waals surface area contributed by atoms with Crippen LogP contribution in [0.2, 0.25) is 0 Å². The van der Waals surface area contributed by atoms with Crippen LogP contribution in [-0.2, 0) is 25.9 Å². The Labute approximate surface area is 85.3 Å². The van der Waals surface area contributed by atoms with Gasteiger partial charge in [-0.05, 0) is 25.2 Å². The minimum Gasteiger partial charge on any atom is -0.331 e. The Balaban J connectivity index is 2.32. The lowest BCUT2D eigenvalue weighted by molar-refractivity contribution is 0.631. The highest BCUT2D eigenvalue weighted by molar-refractivity contribution is 5.21. The zero-order valence-electron chi connectivity index (χ0n) is 9.08. The van der Waals surface area contributed by atoms with Gasteiger partial charge in [0.15, 0.2) is 0 Å². The average Bonchev–Trinajstić information content (AvgIpc) is 2.67. The maximum absolute atomic E-state index is 5.68. The van der Waals surface area contributed by atoms with E-state index in [1.54, 1.807) is 0 Å². The van der Waals surface area contributed by atoms with E-state index in [0.717, 1.165) is 18.8 Å². The molecule has 1 aromatic heterocycles. The van der Waals surface area contributed by atoms with E-state index in [1.807, 2.05) is 0 Å². The summed E-state index contributed by atoms with van der Waals surface area (Å²) in [5.74, 6) is 1.76. The fourth-order valence-electron chi connectivity index (χ4n) is 2.25. The van der Waals surface area contributed by atoms with E-state index in [1.165, 1.54) is 24.2 Å². The van der Waals surface area contributed by atoms with Crippen molar-refractivity contribution in [1.29, 1.82) is 0 Å². The number of rotatable bonds is 3. The van der Waals surface area contributed by atoms with Crippen LogP contribution in [0.25, 0.3) is 0 Å². The maximum atomic E-state index is 5.68. The third-order valence-corrected chi connectivity index (χ3v) is 2.81. The van der Waals surface area contributed by atoms with Gasteiger partial charge in [-0.25, -0.2) is 4.98 Å². The third kappa shape index (κ3) is 1.57. The molecule has 0 spiro atoms. The van der Waals surface area contributed by atoms with Gasteiger partial charge in [0, 0.05) is 12.2 Å². The van der Waals surface area contributed by atoms with Crippen LogP contribution in [0, 0.1) is 5.92 Å². The van der Waals surface area contributed by atoms with E-state index in [4.69, 9.17) is 5.73 Å². The van der Waals surface area contributed by atoms with Crippen LogP contribution in [0.3, 0.4) is 0 Å². The Hall–Kier alpha value is -0.830. The molecule has 0 unspecified atom stereocenters. The number of hydrogen-bond acceptors (Lipinski definition) is 2. The number of nitrogens with two attached hydrogens (primary N) is 1. The van der Waals surface area contributed by atoms with Gasteiger partial charge in [0.1, 0.15) is 5.82 Å². The molecule has 3 nitrogen and oxygen atoms in total. The van der Waals surface area contributed by atoms with Crippen LogP contribution in [0.4, 0.5) is 0 Å². The predicted molar refractivity (Wildman–Crippen MR) is 57.0 cm³/mol. The van der Waals surface area contributed by atoms with Crippen LogP contribution >= 0.6 is 0 Å². The van der Waals surface area contributed by atoms with Gasteiger partial charge < -0.3 is 10.3 Å². The second-order valence-corrected chi connectivity index (χ2v) is 4.48. The summed E-state index contributed by atoms with van der Waals surface area (Å²) in [6, 6.07) is 0. The highest BCUT2D eigenvalue weighted by Gasteiger charge is 2.20. The van der Waals surface area contributed by atoms with Crippen molar-refractivity contribution in [3.8, 4) is 0 Å². The summed E-state index contributed by atoms with van der Waals surface area (Å²) >= 11 is 0. The molecule has 0 amide bonds. The fourth-order valence-corrected chi connectivity index (χ4v) is 2.25. The third-order valence-electron chi connectivity index (χ3n) is 2.81. The van der Waals surface area contributed by atoms with E-state index in [2.05, 4.69) is 23.4 Å². The molecular weight excluding hydrogens is 174 g/mol. The number of hydrogen-bond donors (Lipinski definition) is 1. The first kappa shape index (κ1) is 9.71. The normalized spacial score (nSPS) is 15.1. The zero-order chi connectivity index (χ0) is 10.1. The summed E-state index contributed by atoms with van der Waals surface area (Å²) in [5.41, 5.74) is 8.42. The Morgan fingerprint density at radius 3 is 2.93 bits per heavy atom. The number of fused-ring (bicyclic) bond motifs is 1. The molecule has 78 valence electrons. The molecule has 0 aromatic carbocycles. The quantitative estimate of drug-likeness (QED) is 0.790. The molecule has 3 heteroatoms. The van der Waals surface area contributed by atoms with Crippen LogP contribution < -0.4 is 5.73 Å². The Bertz CT molecular complexity index is 326. The van der Waals surface area contributed by atoms with Crippen LogP contribution in [0.15, 0.2) is 0 Å². The molecule has 2 rings (SSSR count). The molecule has 1 aliphatic rings. The molecule has 14 heavy (non-hydrogen) atoms. The lowest BCUT2D eigenvalue weighted by Crippen LogP contribution is -2.06. The summed E-state index contributed by atoms with van der Waals surface area (Å²) in [7, 11) is 0. The maximum Gasteiger partial charge on any atom is 0.122 e. The second-order valence-electron chi connectivity index (χ2n) is 4.48. The van der Waals surface area contributed by atoms with Crippen molar-refractivity contribution >= 4 is 0 Å². The molecule has 2 heterocycles. The van der Waals surface area contributed by atoms with Crippen molar-refractivity contribution in [3.05, 3.63) is 17.2 Å². The molecule has 0 saturated carbocycles. The molecule has 1 aromatic rings. The second kappa shape index (κ2) is 3.73. The fraction of sp³-hybridized carbons (Fsp3) is 0.727. The van der Waals surface area contributed by atoms with Gasteiger partial charge in [-0.3, -0.25) is 0 Å². The average molecular weight is 193 g/mol. The highest BCUT2D eigenvalue weighted by atomic mass is 15.1. The van der Waals surface area contributed by atoms with E-state index in [0.29, 0.717) is 12.5 Å². The number of nitrogens with zero attached hydrogens (tertiary/aromatic N) is 2. The first-order chi connectivity index (χ1) is 6.72. The molecular formula is C11H19N3. The van der Waals surface area contributed by atoms with Gasteiger partial charge in [-0.15, -0.1) is 0 Å². The molecule has 0 atom stereocenters. The SMILES string of the molecule is CC(C)Cc1nc(CN)n2c1CCC2. The van der Waals surface area contributed by atoms with Gasteiger partial charge in [0.25, 0.3) is 0 Å². The van der Waals surface area contributed by atoms with Gasteiger partial charge >= 0.3 is 0 Å². The summed E-state index contributed by atoms with van der Waals surface area (Å²) in [6.07, 6.45) is 3.54. The van der Waals surface area contributed by atoms with E-state index >= 15 is 0 Å². The number of aromatic nitrogens is 2. The zero-order valence-corrected chi connectivity index (χ0v) is 9.08. The first-order valence-electron chi connectivity index (χ1n) is 5.49. The largest absolute Gasteiger partial charge is 0.331 e. The Morgan fingerprint density at radius 1 is 1.50 bits per heavy atom. The van der Waals surface area contributed by atoms with Crippen molar-refractivity contribution in [2.24, 2.45) is 11.7 Å². The van der Waals surface area contributed by atoms with E-state index < -0.39 is 0 Å².